The predicted molar refractivity (Wildman–Crippen MR) is 59.0 cm³/mol. The Morgan fingerprint density at radius 1 is 1.60 bits per heavy atom. The second kappa shape index (κ2) is 3.66. The molecule has 0 saturated carbocycles. The zero-order chi connectivity index (χ0) is 11.0. The van der Waals surface area contributed by atoms with Gasteiger partial charge in [-0.05, 0) is 40.5 Å². The first-order valence-electron chi connectivity index (χ1n) is 4.36. The topological polar surface area (TPSA) is 43.6 Å². The highest BCUT2D eigenvalue weighted by Gasteiger charge is 2.17. The smallest absolute Gasteiger partial charge is 0.359 e. The Bertz CT molecular complexity index is 533. The molecule has 15 heavy (non-hydrogen) atoms. The highest BCUT2D eigenvalue weighted by atomic mass is 79.9. The summed E-state index contributed by atoms with van der Waals surface area (Å²) in [5, 5.41) is 0. The molecule has 2 aromatic rings. The quantitative estimate of drug-likeness (QED) is 0.745. The molecule has 0 fully saturated rings. The number of carbonyl (C=O) groups excluding carboxylic acids is 1. The second-order valence-electron chi connectivity index (χ2n) is 3.18. The monoisotopic (exact) mass is 268 g/mol. The number of hydrogen-bond acceptors (Lipinski definition) is 3. The van der Waals surface area contributed by atoms with Crippen LogP contribution in [0, 0.1) is 6.92 Å². The highest BCUT2D eigenvalue weighted by Crippen LogP contribution is 2.20. The molecule has 0 saturated heterocycles. The molecule has 0 aliphatic carbocycles. The van der Waals surface area contributed by atoms with E-state index in [1.807, 2.05) is 25.3 Å². The number of hydrogen-bond donors (Lipinski definition) is 0. The highest BCUT2D eigenvalue weighted by molar-refractivity contribution is 9.10. The summed E-state index contributed by atoms with van der Waals surface area (Å²) in [5.74, 6) is -0.441. The number of pyridine rings is 1. The van der Waals surface area contributed by atoms with Gasteiger partial charge in [-0.25, -0.2) is 9.78 Å². The van der Waals surface area contributed by atoms with Crippen molar-refractivity contribution in [3.05, 3.63) is 34.2 Å². The third-order valence-electron chi connectivity index (χ3n) is 2.10. The molecular weight excluding hydrogens is 260 g/mol. The summed E-state index contributed by atoms with van der Waals surface area (Å²) in [5.41, 5.74) is 2.11. The summed E-state index contributed by atoms with van der Waals surface area (Å²) in [4.78, 5) is 15.5. The van der Waals surface area contributed by atoms with Crippen molar-refractivity contribution in [2.75, 3.05) is 7.11 Å². The van der Waals surface area contributed by atoms with Crippen molar-refractivity contribution in [3.63, 3.8) is 0 Å². The summed E-state index contributed by atoms with van der Waals surface area (Å²) in [7, 11) is 1.34. The van der Waals surface area contributed by atoms with Crippen LogP contribution < -0.4 is 0 Å². The van der Waals surface area contributed by atoms with Gasteiger partial charge in [0.25, 0.3) is 0 Å². The third kappa shape index (κ3) is 1.63. The molecule has 0 atom stereocenters. The van der Waals surface area contributed by atoms with Crippen LogP contribution in [-0.4, -0.2) is 22.5 Å². The van der Waals surface area contributed by atoms with Crippen molar-refractivity contribution < 1.29 is 9.53 Å². The Hall–Kier alpha value is -1.36. The number of aryl methyl sites for hydroxylation is 1. The third-order valence-corrected chi connectivity index (χ3v) is 2.86. The number of fused-ring (bicyclic) bond motifs is 1. The molecule has 0 bridgehead atoms. The largest absolute Gasteiger partial charge is 0.464 e. The summed E-state index contributed by atoms with van der Waals surface area (Å²) in [6.45, 7) is 1.97. The average molecular weight is 269 g/mol. The number of carbonyl (C=O) groups is 1. The van der Waals surface area contributed by atoms with Crippen LogP contribution in [0.4, 0.5) is 0 Å². The minimum atomic E-state index is -0.441. The molecule has 2 aromatic heterocycles. The number of aromatic nitrogens is 2. The van der Waals surface area contributed by atoms with E-state index in [9.17, 15) is 4.79 Å². The molecule has 0 aliphatic rings. The molecule has 5 heteroatoms. The van der Waals surface area contributed by atoms with Crippen molar-refractivity contribution in [1.82, 2.24) is 9.38 Å². The van der Waals surface area contributed by atoms with Crippen molar-refractivity contribution in [3.8, 4) is 0 Å². The number of ether oxygens (including phenoxy) is 1. The fourth-order valence-electron chi connectivity index (χ4n) is 1.34. The molecule has 0 N–H and O–H groups in total. The van der Waals surface area contributed by atoms with Crippen LogP contribution in [0.5, 0.6) is 0 Å². The van der Waals surface area contributed by atoms with Crippen LogP contribution >= 0.6 is 15.9 Å². The molecule has 78 valence electrons. The van der Waals surface area contributed by atoms with Gasteiger partial charge in [-0.2, -0.15) is 0 Å². The first-order valence-corrected chi connectivity index (χ1v) is 5.15. The van der Waals surface area contributed by atoms with E-state index >= 15 is 0 Å². The first kappa shape index (κ1) is 10.2. The summed E-state index contributed by atoms with van der Waals surface area (Å²) in [6.07, 6.45) is 1.86. The van der Waals surface area contributed by atoms with Crippen LogP contribution in [0.2, 0.25) is 0 Å². The van der Waals surface area contributed by atoms with Gasteiger partial charge in [-0.15, -0.1) is 0 Å². The van der Waals surface area contributed by atoms with Gasteiger partial charge in [0.05, 0.1) is 7.11 Å². The van der Waals surface area contributed by atoms with E-state index in [4.69, 9.17) is 0 Å². The number of esters is 1. The number of nitrogens with zero attached hydrogens (tertiary/aromatic N) is 2. The van der Waals surface area contributed by atoms with Gasteiger partial charge >= 0.3 is 5.97 Å². The maximum absolute atomic E-state index is 11.4. The number of halogens is 1. The number of rotatable bonds is 1. The standard InChI is InChI=1S/C10H9BrN2O2/c1-6-3-4-13-7(5-6)12-8(9(13)11)10(14)15-2/h3-5H,1-2H3. The van der Waals surface area contributed by atoms with E-state index < -0.39 is 5.97 Å². The lowest BCUT2D eigenvalue weighted by atomic mass is 10.3. The van der Waals surface area contributed by atoms with Crippen molar-refractivity contribution in [2.24, 2.45) is 0 Å². The Kier molecular flexibility index (Phi) is 2.48. The molecular formula is C10H9BrN2O2. The Labute approximate surface area is 95.0 Å². The molecule has 0 spiro atoms. The number of methoxy groups -OCH3 is 1. The fraction of sp³-hybridized carbons (Fsp3) is 0.200. The molecule has 0 unspecified atom stereocenters. The molecule has 2 heterocycles. The van der Waals surface area contributed by atoms with Crippen molar-refractivity contribution in [2.45, 2.75) is 6.92 Å². The maximum Gasteiger partial charge on any atom is 0.359 e. The minimum absolute atomic E-state index is 0.295. The normalized spacial score (nSPS) is 10.6. The van der Waals surface area contributed by atoms with Gasteiger partial charge in [-0.1, -0.05) is 0 Å². The van der Waals surface area contributed by atoms with Gasteiger partial charge in [0.15, 0.2) is 5.69 Å². The van der Waals surface area contributed by atoms with Gasteiger partial charge in [0.2, 0.25) is 0 Å². The fourth-order valence-corrected chi connectivity index (χ4v) is 1.89. The molecule has 4 nitrogen and oxygen atoms in total. The minimum Gasteiger partial charge on any atom is -0.464 e. The lowest BCUT2D eigenvalue weighted by Gasteiger charge is -1.96. The maximum atomic E-state index is 11.4. The molecule has 0 aromatic carbocycles. The van der Waals surface area contributed by atoms with Gasteiger partial charge in [0.1, 0.15) is 10.3 Å². The van der Waals surface area contributed by atoms with E-state index in [0.29, 0.717) is 10.3 Å². The van der Waals surface area contributed by atoms with Crippen LogP contribution in [-0.2, 0) is 4.74 Å². The zero-order valence-corrected chi connectivity index (χ0v) is 9.91. The summed E-state index contributed by atoms with van der Waals surface area (Å²) in [6, 6.07) is 3.84. The number of imidazole rings is 1. The zero-order valence-electron chi connectivity index (χ0n) is 8.32. The van der Waals surface area contributed by atoms with Crippen LogP contribution in [0.1, 0.15) is 16.1 Å². The SMILES string of the molecule is COC(=O)c1nc2cc(C)ccn2c1Br. The van der Waals surface area contributed by atoms with E-state index in [-0.39, 0.29) is 0 Å². The van der Waals surface area contributed by atoms with E-state index in [1.54, 1.807) is 4.40 Å². The summed E-state index contributed by atoms with van der Waals surface area (Å²) < 4.78 is 7.04. The predicted octanol–water partition coefficient (Wildman–Crippen LogP) is 2.19. The van der Waals surface area contributed by atoms with Crippen LogP contribution in [0.15, 0.2) is 22.9 Å². The van der Waals surface area contributed by atoms with Gasteiger partial charge in [-0.3, -0.25) is 4.40 Å². The van der Waals surface area contributed by atoms with Gasteiger partial charge in [0, 0.05) is 6.20 Å². The molecule has 0 radical (unpaired) electrons. The van der Waals surface area contributed by atoms with Crippen LogP contribution in [0.25, 0.3) is 5.65 Å². The Balaban J connectivity index is 2.69. The summed E-state index contributed by atoms with van der Waals surface area (Å²) >= 11 is 3.32. The van der Waals surface area contributed by atoms with E-state index in [1.165, 1.54) is 7.11 Å². The Morgan fingerprint density at radius 3 is 3.00 bits per heavy atom. The first-order chi connectivity index (χ1) is 7.13. The molecule has 0 amide bonds. The molecule has 2 rings (SSSR count). The van der Waals surface area contributed by atoms with Gasteiger partial charge < -0.3 is 4.74 Å². The lowest BCUT2D eigenvalue weighted by Crippen LogP contribution is -2.02. The van der Waals surface area contributed by atoms with Crippen LogP contribution in [0.3, 0.4) is 0 Å². The second-order valence-corrected chi connectivity index (χ2v) is 3.93. The van der Waals surface area contributed by atoms with E-state index in [2.05, 4.69) is 25.7 Å². The average Bonchev–Trinajstić information content (AvgIpc) is 2.54. The Morgan fingerprint density at radius 2 is 2.33 bits per heavy atom. The van der Waals surface area contributed by atoms with E-state index in [0.717, 1.165) is 11.2 Å². The van der Waals surface area contributed by atoms with Crippen molar-refractivity contribution >= 4 is 27.5 Å². The van der Waals surface area contributed by atoms with Crippen molar-refractivity contribution in [1.29, 1.82) is 0 Å². The lowest BCUT2D eigenvalue weighted by molar-refractivity contribution is 0.0593. The molecule has 0 aliphatic heterocycles.